The summed E-state index contributed by atoms with van der Waals surface area (Å²) < 4.78 is 12.4. The number of ether oxygens (including phenoxy) is 2. The molecular formula is C24H23BrO3. The molecule has 3 aromatic carbocycles. The number of carbonyl (C=O) groups excluding carboxylic acids is 1. The van der Waals surface area contributed by atoms with E-state index in [0.29, 0.717) is 17.9 Å². The third-order valence-corrected chi connectivity index (χ3v) is 4.88. The van der Waals surface area contributed by atoms with E-state index < -0.39 is 0 Å². The summed E-state index contributed by atoms with van der Waals surface area (Å²) >= 11 is 3.46. The highest BCUT2D eigenvalue weighted by molar-refractivity contribution is 9.10. The molecule has 0 heterocycles. The average Bonchev–Trinajstić information content (AvgIpc) is 2.70. The van der Waals surface area contributed by atoms with E-state index >= 15 is 0 Å². The van der Waals surface area contributed by atoms with Crippen LogP contribution in [-0.4, -0.2) is 12.6 Å². The summed E-state index contributed by atoms with van der Waals surface area (Å²) in [6.07, 6.45) is 0.839. The minimum Gasteiger partial charge on any atom is -0.493 e. The van der Waals surface area contributed by atoms with Gasteiger partial charge in [-0.25, -0.2) is 4.79 Å². The summed E-state index contributed by atoms with van der Waals surface area (Å²) in [5, 5.41) is 0. The SMILES string of the molecule is CC(C)c1cc(Br)ccc1OC(=O)c1ccc(OCCc2ccccc2)cc1. The van der Waals surface area contributed by atoms with E-state index in [9.17, 15) is 4.79 Å². The molecule has 0 aliphatic rings. The van der Waals surface area contributed by atoms with Gasteiger partial charge in [0.25, 0.3) is 0 Å². The molecule has 0 aromatic heterocycles. The lowest BCUT2D eigenvalue weighted by molar-refractivity contribution is 0.0733. The van der Waals surface area contributed by atoms with Crippen LogP contribution in [0.25, 0.3) is 0 Å². The second-order valence-corrected chi connectivity index (χ2v) is 7.75. The Kier molecular flexibility index (Phi) is 6.88. The summed E-state index contributed by atoms with van der Waals surface area (Å²) in [4.78, 5) is 12.5. The minimum absolute atomic E-state index is 0.251. The second kappa shape index (κ2) is 9.56. The fraction of sp³-hybridized carbons (Fsp3) is 0.208. The normalized spacial score (nSPS) is 10.7. The predicted octanol–water partition coefficient (Wildman–Crippen LogP) is 6.41. The summed E-state index contributed by atoms with van der Waals surface area (Å²) in [6, 6.07) is 22.9. The van der Waals surface area contributed by atoms with Gasteiger partial charge in [-0.05, 0) is 59.5 Å². The molecule has 0 amide bonds. The molecule has 0 unspecified atom stereocenters. The van der Waals surface area contributed by atoms with E-state index in [1.807, 2.05) is 36.4 Å². The molecule has 4 heteroatoms. The summed E-state index contributed by atoms with van der Waals surface area (Å²) in [6.45, 7) is 4.73. The van der Waals surface area contributed by atoms with Crippen LogP contribution in [-0.2, 0) is 6.42 Å². The topological polar surface area (TPSA) is 35.5 Å². The Hall–Kier alpha value is -2.59. The Labute approximate surface area is 174 Å². The molecule has 0 bridgehead atoms. The number of esters is 1. The molecule has 3 aromatic rings. The lowest BCUT2D eigenvalue weighted by Gasteiger charge is -2.13. The van der Waals surface area contributed by atoms with Gasteiger partial charge in [-0.15, -0.1) is 0 Å². The number of hydrogen-bond acceptors (Lipinski definition) is 3. The van der Waals surface area contributed by atoms with Crippen molar-refractivity contribution in [3.8, 4) is 11.5 Å². The highest BCUT2D eigenvalue weighted by Crippen LogP contribution is 2.30. The first-order valence-corrected chi connectivity index (χ1v) is 10.1. The Morgan fingerprint density at radius 3 is 2.36 bits per heavy atom. The number of carbonyl (C=O) groups is 1. The Bertz CT molecular complexity index is 918. The van der Waals surface area contributed by atoms with Crippen molar-refractivity contribution in [1.29, 1.82) is 0 Å². The van der Waals surface area contributed by atoms with E-state index in [0.717, 1.165) is 22.2 Å². The van der Waals surface area contributed by atoms with Crippen molar-refractivity contribution in [1.82, 2.24) is 0 Å². The van der Waals surface area contributed by atoms with Crippen LogP contribution in [0.3, 0.4) is 0 Å². The maximum absolute atomic E-state index is 12.5. The van der Waals surface area contributed by atoms with Crippen LogP contribution in [0, 0.1) is 0 Å². The predicted molar refractivity (Wildman–Crippen MR) is 115 cm³/mol. The van der Waals surface area contributed by atoms with E-state index in [1.165, 1.54) is 5.56 Å². The van der Waals surface area contributed by atoms with Gasteiger partial charge in [0.15, 0.2) is 0 Å². The molecule has 0 fully saturated rings. The van der Waals surface area contributed by atoms with Crippen LogP contribution in [0.1, 0.15) is 41.3 Å². The monoisotopic (exact) mass is 438 g/mol. The van der Waals surface area contributed by atoms with Crippen LogP contribution >= 0.6 is 15.9 Å². The van der Waals surface area contributed by atoms with Gasteiger partial charge in [0.1, 0.15) is 11.5 Å². The molecule has 0 atom stereocenters. The van der Waals surface area contributed by atoms with Crippen molar-refractivity contribution in [2.24, 2.45) is 0 Å². The van der Waals surface area contributed by atoms with Gasteiger partial charge < -0.3 is 9.47 Å². The van der Waals surface area contributed by atoms with Gasteiger partial charge in [-0.1, -0.05) is 60.1 Å². The fourth-order valence-corrected chi connectivity index (χ4v) is 3.22. The first kappa shape index (κ1) is 20.2. The van der Waals surface area contributed by atoms with E-state index in [1.54, 1.807) is 24.3 Å². The third-order valence-electron chi connectivity index (χ3n) is 4.39. The number of halogens is 1. The van der Waals surface area contributed by atoms with Gasteiger partial charge >= 0.3 is 5.97 Å². The quantitative estimate of drug-likeness (QED) is 0.315. The molecule has 0 N–H and O–H groups in total. The molecule has 0 aliphatic carbocycles. The van der Waals surface area contributed by atoms with Crippen molar-refractivity contribution in [3.63, 3.8) is 0 Å². The van der Waals surface area contributed by atoms with Crippen molar-refractivity contribution in [2.45, 2.75) is 26.2 Å². The highest BCUT2D eigenvalue weighted by atomic mass is 79.9. The Morgan fingerprint density at radius 2 is 1.68 bits per heavy atom. The molecular weight excluding hydrogens is 416 g/mol. The molecule has 3 nitrogen and oxygen atoms in total. The van der Waals surface area contributed by atoms with Crippen LogP contribution < -0.4 is 9.47 Å². The number of rotatable bonds is 7. The van der Waals surface area contributed by atoms with E-state index in [-0.39, 0.29) is 11.9 Å². The van der Waals surface area contributed by atoms with Gasteiger partial charge in [-0.2, -0.15) is 0 Å². The zero-order valence-electron chi connectivity index (χ0n) is 16.0. The summed E-state index contributed by atoms with van der Waals surface area (Å²) in [7, 11) is 0. The molecule has 0 saturated carbocycles. The van der Waals surface area contributed by atoms with Gasteiger partial charge in [0.2, 0.25) is 0 Å². The zero-order chi connectivity index (χ0) is 19.9. The molecule has 144 valence electrons. The Balaban J connectivity index is 1.59. The van der Waals surface area contributed by atoms with Crippen LogP contribution in [0.2, 0.25) is 0 Å². The lowest BCUT2D eigenvalue weighted by atomic mass is 10.0. The first-order chi connectivity index (χ1) is 13.5. The minimum atomic E-state index is -0.375. The standard InChI is InChI=1S/C24H23BrO3/c1-17(2)22-16-20(25)10-13-23(22)28-24(26)19-8-11-21(12-9-19)27-15-14-18-6-4-3-5-7-18/h3-13,16-17H,14-15H2,1-2H3. The third kappa shape index (κ3) is 5.46. The van der Waals surface area contributed by atoms with Crippen LogP contribution in [0.15, 0.2) is 77.3 Å². The van der Waals surface area contributed by atoms with Crippen LogP contribution in [0.5, 0.6) is 11.5 Å². The Morgan fingerprint density at radius 1 is 0.964 bits per heavy atom. The van der Waals surface area contributed by atoms with Gasteiger partial charge in [0, 0.05) is 10.9 Å². The maximum atomic E-state index is 12.5. The highest BCUT2D eigenvalue weighted by Gasteiger charge is 2.14. The number of hydrogen-bond donors (Lipinski definition) is 0. The largest absolute Gasteiger partial charge is 0.493 e. The number of benzene rings is 3. The maximum Gasteiger partial charge on any atom is 0.343 e. The zero-order valence-corrected chi connectivity index (χ0v) is 17.6. The molecule has 0 aliphatic heterocycles. The van der Waals surface area contributed by atoms with Crippen molar-refractivity contribution < 1.29 is 14.3 Å². The smallest absolute Gasteiger partial charge is 0.343 e. The van der Waals surface area contributed by atoms with Gasteiger partial charge in [0.05, 0.1) is 12.2 Å². The molecule has 0 saturated heterocycles. The van der Waals surface area contributed by atoms with Crippen molar-refractivity contribution >= 4 is 21.9 Å². The molecule has 3 rings (SSSR count). The van der Waals surface area contributed by atoms with Crippen molar-refractivity contribution in [3.05, 3.63) is 94.0 Å². The average molecular weight is 439 g/mol. The van der Waals surface area contributed by atoms with Gasteiger partial charge in [-0.3, -0.25) is 0 Å². The molecule has 0 spiro atoms. The second-order valence-electron chi connectivity index (χ2n) is 6.83. The first-order valence-electron chi connectivity index (χ1n) is 9.31. The van der Waals surface area contributed by atoms with E-state index in [4.69, 9.17) is 9.47 Å². The molecule has 28 heavy (non-hydrogen) atoms. The lowest BCUT2D eigenvalue weighted by Crippen LogP contribution is -2.10. The summed E-state index contributed by atoms with van der Waals surface area (Å²) in [5.74, 6) is 1.20. The van der Waals surface area contributed by atoms with E-state index in [2.05, 4.69) is 41.9 Å². The van der Waals surface area contributed by atoms with Crippen LogP contribution in [0.4, 0.5) is 0 Å². The fourth-order valence-electron chi connectivity index (χ4n) is 2.84. The molecule has 0 radical (unpaired) electrons. The summed E-state index contributed by atoms with van der Waals surface area (Å²) in [5.41, 5.74) is 2.72. The van der Waals surface area contributed by atoms with Crippen molar-refractivity contribution in [2.75, 3.05) is 6.61 Å².